The summed E-state index contributed by atoms with van der Waals surface area (Å²) < 4.78 is 0. The Hall–Kier alpha value is -1.31. The second kappa shape index (κ2) is 2.59. The number of benzene rings is 1. The molecule has 0 radical (unpaired) electrons. The van der Waals surface area contributed by atoms with Gasteiger partial charge in [0.25, 0.3) is 0 Å². The molecule has 0 saturated carbocycles. The monoisotopic (exact) mass is 172 g/mol. The topological polar surface area (TPSA) is 24.4 Å². The van der Waals surface area contributed by atoms with E-state index in [1.807, 2.05) is 0 Å². The molecule has 2 nitrogen and oxygen atoms in total. The van der Waals surface area contributed by atoms with Gasteiger partial charge in [0.2, 0.25) is 0 Å². The molecule has 1 N–H and O–H groups in total. The SMILES string of the molecule is C1=NCC2Nc3ccccc3C2C1. The van der Waals surface area contributed by atoms with Crippen LogP contribution in [0, 0.1) is 0 Å². The predicted molar refractivity (Wildman–Crippen MR) is 54.6 cm³/mol. The summed E-state index contributed by atoms with van der Waals surface area (Å²) in [5.41, 5.74) is 2.78. The van der Waals surface area contributed by atoms with Crippen LogP contribution in [0.15, 0.2) is 29.3 Å². The third-order valence-electron chi connectivity index (χ3n) is 2.98. The average molecular weight is 172 g/mol. The molecule has 0 fully saturated rings. The van der Waals surface area contributed by atoms with Crippen molar-refractivity contribution in [3.8, 4) is 0 Å². The lowest BCUT2D eigenvalue weighted by atomic mass is 9.91. The van der Waals surface area contributed by atoms with Gasteiger partial charge < -0.3 is 5.32 Å². The third kappa shape index (κ3) is 0.981. The second-order valence-electron chi connectivity index (χ2n) is 3.73. The quantitative estimate of drug-likeness (QED) is 0.636. The lowest BCUT2D eigenvalue weighted by Crippen LogP contribution is -2.27. The van der Waals surface area contributed by atoms with Crippen LogP contribution in [0.2, 0.25) is 0 Å². The van der Waals surface area contributed by atoms with E-state index in [0.29, 0.717) is 12.0 Å². The normalized spacial score (nSPS) is 29.2. The van der Waals surface area contributed by atoms with Crippen LogP contribution in [0.5, 0.6) is 0 Å². The van der Waals surface area contributed by atoms with E-state index in [4.69, 9.17) is 0 Å². The number of aliphatic imine (C=N–C) groups is 1. The van der Waals surface area contributed by atoms with E-state index in [9.17, 15) is 0 Å². The summed E-state index contributed by atoms with van der Waals surface area (Å²) in [6, 6.07) is 9.14. The number of para-hydroxylation sites is 1. The molecule has 0 saturated heterocycles. The molecule has 2 heteroatoms. The Balaban J connectivity index is 2.05. The van der Waals surface area contributed by atoms with Crippen molar-refractivity contribution >= 4 is 11.9 Å². The van der Waals surface area contributed by atoms with E-state index in [2.05, 4.69) is 40.8 Å². The number of fused-ring (bicyclic) bond motifs is 3. The zero-order valence-corrected chi connectivity index (χ0v) is 7.40. The minimum absolute atomic E-state index is 0.544. The van der Waals surface area contributed by atoms with Crippen molar-refractivity contribution in [1.82, 2.24) is 0 Å². The van der Waals surface area contributed by atoms with Gasteiger partial charge in [0, 0.05) is 11.6 Å². The van der Waals surface area contributed by atoms with Crippen molar-refractivity contribution in [3.63, 3.8) is 0 Å². The van der Waals surface area contributed by atoms with E-state index >= 15 is 0 Å². The zero-order chi connectivity index (χ0) is 8.67. The van der Waals surface area contributed by atoms with Crippen molar-refractivity contribution in [1.29, 1.82) is 0 Å². The molecule has 0 aliphatic carbocycles. The number of nitrogens with zero attached hydrogens (tertiary/aromatic N) is 1. The predicted octanol–water partition coefficient (Wildman–Crippen LogP) is 2.04. The smallest absolute Gasteiger partial charge is 0.0593 e. The Morgan fingerprint density at radius 2 is 2.23 bits per heavy atom. The molecule has 2 heterocycles. The van der Waals surface area contributed by atoms with Gasteiger partial charge >= 0.3 is 0 Å². The Labute approximate surface area is 77.7 Å². The van der Waals surface area contributed by atoms with Crippen molar-refractivity contribution in [3.05, 3.63) is 29.8 Å². The highest BCUT2D eigenvalue weighted by molar-refractivity contribution is 5.67. The van der Waals surface area contributed by atoms with E-state index in [-0.39, 0.29) is 0 Å². The Bertz CT molecular complexity index is 357. The van der Waals surface area contributed by atoms with E-state index in [1.165, 1.54) is 11.3 Å². The Morgan fingerprint density at radius 1 is 1.31 bits per heavy atom. The molecule has 2 atom stereocenters. The first-order valence-corrected chi connectivity index (χ1v) is 4.79. The summed E-state index contributed by atoms with van der Waals surface area (Å²) >= 11 is 0. The minimum atomic E-state index is 0.544. The Kier molecular flexibility index (Phi) is 1.42. The molecule has 1 aromatic rings. The molecule has 66 valence electrons. The van der Waals surface area contributed by atoms with Gasteiger partial charge in [-0.1, -0.05) is 18.2 Å². The lowest BCUT2D eigenvalue weighted by molar-refractivity contribution is 0.600. The molecule has 0 bridgehead atoms. The lowest BCUT2D eigenvalue weighted by Gasteiger charge is -2.20. The van der Waals surface area contributed by atoms with Gasteiger partial charge in [0.1, 0.15) is 0 Å². The summed E-state index contributed by atoms with van der Waals surface area (Å²) in [4.78, 5) is 4.32. The van der Waals surface area contributed by atoms with Crippen LogP contribution in [0.4, 0.5) is 5.69 Å². The first-order chi connectivity index (χ1) is 6.45. The average Bonchev–Trinajstić information content (AvgIpc) is 2.56. The maximum Gasteiger partial charge on any atom is 0.0593 e. The molecule has 0 spiro atoms. The van der Waals surface area contributed by atoms with Crippen molar-refractivity contribution in [2.45, 2.75) is 18.4 Å². The molecule has 2 aliphatic rings. The van der Waals surface area contributed by atoms with Crippen LogP contribution in [0.1, 0.15) is 17.9 Å². The minimum Gasteiger partial charge on any atom is -0.380 e. The molecule has 2 aliphatic heterocycles. The molecule has 0 amide bonds. The number of nitrogens with one attached hydrogen (secondary N) is 1. The van der Waals surface area contributed by atoms with Crippen LogP contribution in [-0.2, 0) is 0 Å². The molecule has 3 rings (SSSR count). The Morgan fingerprint density at radius 3 is 3.23 bits per heavy atom. The molecule has 1 aromatic carbocycles. The van der Waals surface area contributed by atoms with Crippen molar-refractivity contribution in [2.75, 3.05) is 11.9 Å². The summed E-state index contributed by atoms with van der Waals surface area (Å²) in [5, 5.41) is 3.52. The van der Waals surface area contributed by atoms with Crippen LogP contribution >= 0.6 is 0 Å². The highest BCUT2D eigenvalue weighted by Gasteiger charge is 2.32. The molecular weight excluding hydrogens is 160 g/mol. The fourth-order valence-electron chi connectivity index (χ4n) is 2.31. The van der Waals surface area contributed by atoms with Crippen molar-refractivity contribution in [2.24, 2.45) is 4.99 Å². The number of rotatable bonds is 0. The third-order valence-corrected chi connectivity index (χ3v) is 2.98. The molecule has 2 unspecified atom stereocenters. The van der Waals surface area contributed by atoms with Gasteiger partial charge in [0.15, 0.2) is 0 Å². The highest BCUT2D eigenvalue weighted by Crippen LogP contribution is 2.38. The number of hydrogen-bond donors (Lipinski definition) is 1. The van der Waals surface area contributed by atoms with E-state index in [1.54, 1.807) is 0 Å². The summed E-state index contributed by atoms with van der Waals surface area (Å²) in [6.07, 6.45) is 3.15. The van der Waals surface area contributed by atoms with Gasteiger partial charge in [0.05, 0.1) is 12.6 Å². The summed E-state index contributed by atoms with van der Waals surface area (Å²) in [5.74, 6) is 0.661. The standard InChI is InChI=1S/C11H12N2/c1-2-4-10-8(3-1)9-5-6-12-7-11(9)13-10/h1-4,6,9,11,13H,5,7H2. The highest BCUT2D eigenvalue weighted by atomic mass is 15.0. The first kappa shape index (κ1) is 7.13. The second-order valence-corrected chi connectivity index (χ2v) is 3.73. The fraction of sp³-hybridized carbons (Fsp3) is 0.364. The molecule has 13 heavy (non-hydrogen) atoms. The van der Waals surface area contributed by atoms with Gasteiger partial charge in [-0.2, -0.15) is 0 Å². The van der Waals surface area contributed by atoms with Gasteiger partial charge in [-0.15, -0.1) is 0 Å². The van der Waals surface area contributed by atoms with E-state index < -0.39 is 0 Å². The summed E-state index contributed by atoms with van der Waals surface area (Å²) in [7, 11) is 0. The maximum atomic E-state index is 4.32. The van der Waals surface area contributed by atoms with Crippen molar-refractivity contribution < 1.29 is 0 Å². The van der Waals surface area contributed by atoms with Crippen LogP contribution < -0.4 is 5.32 Å². The molecular formula is C11H12N2. The van der Waals surface area contributed by atoms with Crippen LogP contribution in [0.3, 0.4) is 0 Å². The maximum absolute atomic E-state index is 4.32. The van der Waals surface area contributed by atoms with Gasteiger partial charge in [-0.05, 0) is 24.3 Å². The van der Waals surface area contributed by atoms with Crippen LogP contribution in [0.25, 0.3) is 0 Å². The molecule has 0 aromatic heterocycles. The number of anilines is 1. The fourth-order valence-corrected chi connectivity index (χ4v) is 2.31. The zero-order valence-electron chi connectivity index (χ0n) is 7.40. The summed E-state index contributed by atoms with van der Waals surface area (Å²) in [6.45, 7) is 0.930. The largest absolute Gasteiger partial charge is 0.380 e. The van der Waals surface area contributed by atoms with Crippen LogP contribution in [-0.4, -0.2) is 18.8 Å². The van der Waals surface area contributed by atoms with Gasteiger partial charge in [-0.25, -0.2) is 0 Å². The number of hydrogen-bond acceptors (Lipinski definition) is 2. The van der Waals surface area contributed by atoms with Gasteiger partial charge in [-0.3, -0.25) is 4.99 Å². The van der Waals surface area contributed by atoms with E-state index in [0.717, 1.165) is 13.0 Å². The first-order valence-electron chi connectivity index (χ1n) is 4.79.